The number of benzene rings is 2. The van der Waals surface area contributed by atoms with Crippen LogP contribution >= 0.6 is 22.6 Å². The van der Waals surface area contributed by atoms with Crippen molar-refractivity contribution >= 4 is 45.5 Å². The number of rotatable bonds is 26. The lowest BCUT2D eigenvalue weighted by Crippen LogP contribution is -2.14. The fourth-order valence-electron chi connectivity index (χ4n) is 5.19. The van der Waals surface area contributed by atoms with E-state index >= 15 is 0 Å². The number of hydrogen-bond donors (Lipinski definition) is 1. The Morgan fingerprint density at radius 1 is 0.692 bits per heavy atom. The normalized spacial score (nSPS) is 11.2. The Morgan fingerprint density at radius 2 is 1.25 bits per heavy atom. The van der Waals surface area contributed by atoms with Gasteiger partial charge >= 0.3 is 5.97 Å². The zero-order valence-corrected chi connectivity index (χ0v) is 31.8. The Morgan fingerprint density at radius 3 is 1.79 bits per heavy atom. The van der Waals surface area contributed by atoms with E-state index in [9.17, 15) is 9.59 Å². The Hall–Kier alpha value is -3.77. The van der Waals surface area contributed by atoms with Crippen molar-refractivity contribution in [2.75, 3.05) is 110 Å². The topological polar surface area (TPSA) is 148 Å². The first-order chi connectivity index (χ1) is 25.5. The molecule has 2 N–H and O–H groups in total. The second-order valence-corrected chi connectivity index (χ2v) is 12.2. The highest BCUT2D eigenvalue weighted by Gasteiger charge is 2.27. The number of pyridine rings is 1. The van der Waals surface area contributed by atoms with Gasteiger partial charge in [-0.2, -0.15) is 0 Å². The molecule has 282 valence electrons. The van der Waals surface area contributed by atoms with Gasteiger partial charge in [-0.15, -0.1) is 0 Å². The molecule has 0 aliphatic rings. The van der Waals surface area contributed by atoms with Crippen molar-refractivity contribution in [2.24, 2.45) is 0 Å². The first-order valence-electron chi connectivity index (χ1n) is 16.9. The summed E-state index contributed by atoms with van der Waals surface area (Å²) in [6, 6.07) is 17.5. The highest BCUT2D eigenvalue weighted by molar-refractivity contribution is 14.1. The number of fused-ring (bicyclic) bond motifs is 1. The van der Waals surface area contributed by atoms with E-state index in [-0.39, 0.29) is 22.6 Å². The van der Waals surface area contributed by atoms with Gasteiger partial charge in [0, 0.05) is 21.9 Å². The van der Waals surface area contributed by atoms with Crippen LogP contribution in [0.5, 0.6) is 11.5 Å². The highest BCUT2D eigenvalue weighted by Crippen LogP contribution is 2.41. The Balaban J connectivity index is 1.19. The van der Waals surface area contributed by atoms with Gasteiger partial charge in [-0.25, -0.2) is 4.79 Å². The number of alkyl halides is 1. The third-order valence-electron chi connectivity index (χ3n) is 7.66. The maximum absolute atomic E-state index is 14.1. The Bertz CT molecular complexity index is 1680. The van der Waals surface area contributed by atoms with Crippen molar-refractivity contribution in [1.82, 2.24) is 4.40 Å². The van der Waals surface area contributed by atoms with E-state index in [2.05, 4.69) is 22.6 Å². The maximum Gasteiger partial charge on any atom is 0.339 e. The van der Waals surface area contributed by atoms with Crippen LogP contribution in [0.2, 0.25) is 0 Å². The highest BCUT2D eigenvalue weighted by atomic mass is 127. The molecule has 0 aliphatic heterocycles. The van der Waals surface area contributed by atoms with Gasteiger partial charge in [-0.3, -0.25) is 4.79 Å². The van der Waals surface area contributed by atoms with Crippen LogP contribution in [0.25, 0.3) is 16.6 Å². The van der Waals surface area contributed by atoms with Crippen LogP contribution in [0.1, 0.15) is 26.4 Å². The van der Waals surface area contributed by atoms with Crippen molar-refractivity contribution in [3.05, 3.63) is 83.7 Å². The lowest BCUT2D eigenvalue weighted by Gasteiger charge is -2.11. The number of ketones is 1. The van der Waals surface area contributed by atoms with E-state index < -0.39 is 5.97 Å². The van der Waals surface area contributed by atoms with Crippen LogP contribution in [-0.4, -0.2) is 121 Å². The molecule has 0 fully saturated rings. The molecule has 0 saturated heterocycles. The summed E-state index contributed by atoms with van der Waals surface area (Å²) in [6.07, 6.45) is 1.80. The van der Waals surface area contributed by atoms with Gasteiger partial charge in [0.15, 0.2) is 5.75 Å². The van der Waals surface area contributed by atoms with Gasteiger partial charge in [0.25, 0.3) is 0 Å². The number of aromatic nitrogens is 1. The van der Waals surface area contributed by atoms with Gasteiger partial charge in [0.2, 0.25) is 5.78 Å². The standard InChI is InChI=1S/C38H47IN2O11/c1-44-37-33-5-3-4-13-41(33)35(36(42)29-8-11-32(40)31(27-29)38(43)45-2)34(37)28-6-9-30(10-7-28)52-26-25-51-24-23-50-22-21-49-20-19-48-18-17-47-16-15-46-14-12-39/h3-11,13,27H,12,14-26,40H2,1-2H3. The maximum atomic E-state index is 14.1. The zero-order valence-electron chi connectivity index (χ0n) is 29.6. The molecule has 2 aromatic heterocycles. The number of ether oxygens (including phenoxy) is 9. The summed E-state index contributed by atoms with van der Waals surface area (Å²) in [6.45, 7) is 6.56. The van der Waals surface area contributed by atoms with E-state index in [0.29, 0.717) is 108 Å². The summed E-state index contributed by atoms with van der Waals surface area (Å²) in [4.78, 5) is 26.4. The summed E-state index contributed by atoms with van der Waals surface area (Å²) in [7, 11) is 2.83. The second kappa shape index (κ2) is 23.0. The molecule has 4 rings (SSSR count). The van der Waals surface area contributed by atoms with Crippen LogP contribution in [0.3, 0.4) is 0 Å². The average molecular weight is 835 g/mol. The third-order valence-corrected chi connectivity index (χ3v) is 8.10. The number of nitrogens with two attached hydrogens (primary N) is 1. The number of carbonyl (C=O) groups excluding carboxylic acids is 2. The molecular weight excluding hydrogens is 787 g/mol. The van der Waals surface area contributed by atoms with Crippen LogP contribution < -0.4 is 15.2 Å². The molecule has 13 nitrogen and oxygen atoms in total. The number of esters is 1. The van der Waals surface area contributed by atoms with E-state index in [0.717, 1.165) is 16.6 Å². The lowest BCUT2D eigenvalue weighted by atomic mass is 9.98. The molecule has 0 atom stereocenters. The lowest BCUT2D eigenvalue weighted by molar-refractivity contribution is -0.0171. The SMILES string of the molecule is COC(=O)c1cc(C(=O)c2c(-c3ccc(OCCOCCOCCOCCOCCOCCOCCI)cc3)c(OC)c3ccccn23)ccc1N. The summed E-state index contributed by atoms with van der Waals surface area (Å²) in [5.74, 6) is 0.245. The number of anilines is 1. The molecule has 0 amide bonds. The third kappa shape index (κ3) is 12.1. The smallest absolute Gasteiger partial charge is 0.339 e. The molecule has 0 saturated carbocycles. The number of carbonyl (C=O) groups is 2. The molecule has 0 bridgehead atoms. The van der Waals surface area contributed by atoms with Crippen molar-refractivity contribution in [3.63, 3.8) is 0 Å². The molecule has 52 heavy (non-hydrogen) atoms. The van der Waals surface area contributed by atoms with E-state index in [1.807, 2.05) is 42.5 Å². The van der Waals surface area contributed by atoms with Crippen LogP contribution in [0, 0.1) is 0 Å². The molecule has 2 aromatic carbocycles. The molecule has 4 aromatic rings. The molecule has 0 spiro atoms. The largest absolute Gasteiger partial charge is 0.494 e. The van der Waals surface area contributed by atoms with Gasteiger partial charge in [-0.05, 0) is 48.0 Å². The monoisotopic (exact) mass is 834 g/mol. The van der Waals surface area contributed by atoms with Crippen LogP contribution in [0.15, 0.2) is 66.9 Å². The quantitative estimate of drug-likeness (QED) is 0.0224. The summed E-state index contributed by atoms with van der Waals surface area (Å²) < 4.78 is 52.2. The zero-order chi connectivity index (χ0) is 37.0. The fourth-order valence-corrected chi connectivity index (χ4v) is 5.50. The second-order valence-electron chi connectivity index (χ2n) is 11.1. The molecule has 2 heterocycles. The molecule has 0 aliphatic carbocycles. The summed E-state index contributed by atoms with van der Waals surface area (Å²) in [5.41, 5.74) is 9.06. The molecule has 0 radical (unpaired) electrons. The van der Waals surface area contributed by atoms with Crippen molar-refractivity contribution in [3.8, 4) is 22.6 Å². The molecule has 0 unspecified atom stereocenters. The number of halogens is 1. The number of nitrogens with zero attached hydrogens (tertiary/aromatic N) is 1. The first-order valence-corrected chi connectivity index (χ1v) is 18.5. The van der Waals surface area contributed by atoms with Crippen LogP contribution in [-0.2, 0) is 33.2 Å². The fraction of sp³-hybridized carbons (Fsp3) is 0.421. The van der Waals surface area contributed by atoms with Gasteiger partial charge in [0.1, 0.15) is 18.1 Å². The van der Waals surface area contributed by atoms with E-state index in [4.69, 9.17) is 48.4 Å². The molecular formula is C38H47IN2O11. The summed E-state index contributed by atoms with van der Waals surface area (Å²) >= 11 is 2.27. The summed E-state index contributed by atoms with van der Waals surface area (Å²) in [5, 5.41) is 0. The Labute approximate surface area is 317 Å². The minimum atomic E-state index is -0.625. The number of nitrogen functional groups attached to an aromatic ring is 1. The van der Waals surface area contributed by atoms with Crippen molar-refractivity contribution in [1.29, 1.82) is 0 Å². The Kier molecular flexibility index (Phi) is 18.1. The predicted octanol–water partition coefficient (Wildman–Crippen LogP) is 5.13. The molecule has 14 heteroatoms. The van der Waals surface area contributed by atoms with Crippen LogP contribution in [0.4, 0.5) is 5.69 Å². The first kappa shape index (κ1) is 41.0. The van der Waals surface area contributed by atoms with Gasteiger partial charge < -0.3 is 52.8 Å². The van der Waals surface area contributed by atoms with E-state index in [1.165, 1.54) is 19.2 Å². The number of hydrogen-bond acceptors (Lipinski definition) is 12. The minimum Gasteiger partial charge on any atom is -0.494 e. The van der Waals surface area contributed by atoms with Gasteiger partial charge in [0.05, 0.1) is 110 Å². The number of methoxy groups -OCH3 is 2. The average Bonchev–Trinajstić information content (AvgIpc) is 3.51. The minimum absolute atomic E-state index is 0.116. The van der Waals surface area contributed by atoms with Crippen molar-refractivity contribution < 1.29 is 52.2 Å². The predicted molar refractivity (Wildman–Crippen MR) is 204 cm³/mol. The van der Waals surface area contributed by atoms with Gasteiger partial charge in [-0.1, -0.05) is 40.8 Å². The van der Waals surface area contributed by atoms with Crippen molar-refractivity contribution in [2.45, 2.75) is 0 Å². The van der Waals surface area contributed by atoms with E-state index in [1.54, 1.807) is 23.8 Å².